The number of fused-ring (bicyclic) bond motifs is 1. The Labute approximate surface area is 141 Å². The van der Waals surface area contributed by atoms with Crippen molar-refractivity contribution >= 4 is 27.5 Å². The van der Waals surface area contributed by atoms with E-state index in [4.69, 9.17) is 0 Å². The molecule has 2 aromatic rings. The maximum Gasteiger partial charge on any atom is 0.239 e. The molecule has 0 saturated carbocycles. The Kier molecular flexibility index (Phi) is 4.64. The molecule has 5 nitrogen and oxygen atoms in total. The van der Waals surface area contributed by atoms with Crippen LogP contribution in [0.2, 0.25) is 0 Å². The van der Waals surface area contributed by atoms with Gasteiger partial charge in [-0.3, -0.25) is 4.79 Å². The van der Waals surface area contributed by atoms with E-state index in [-0.39, 0.29) is 11.9 Å². The average molecular weight is 332 g/mol. The third kappa shape index (κ3) is 3.10. The molecule has 1 amide bonds. The van der Waals surface area contributed by atoms with E-state index in [2.05, 4.69) is 22.2 Å². The van der Waals surface area contributed by atoms with E-state index < -0.39 is 0 Å². The summed E-state index contributed by atoms with van der Waals surface area (Å²) in [6.07, 6.45) is 2.00. The molecule has 1 unspecified atom stereocenters. The van der Waals surface area contributed by atoms with E-state index in [9.17, 15) is 4.79 Å². The third-order valence-corrected chi connectivity index (χ3v) is 5.79. The average Bonchev–Trinajstić information content (AvgIpc) is 2.82. The lowest BCUT2D eigenvalue weighted by molar-refractivity contribution is -0.135. The van der Waals surface area contributed by atoms with Gasteiger partial charge in [0.25, 0.3) is 0 Å². The number of hydrogen-bond donors (Lipinski definition) is 1. The van der Waals surface area contributed by atoms with Gasteiger partial charge in [-0.2, -0.15) is 0 Å². The molecule has 1 aliphatic rings. The van der Waals surface area contributed by atoms with E-state index in [1.165, 1.54) is 15.8 Å². The molecule has 1 N–H and O–H groups in total. The molecule has 0 spiro atoms. The fourth-order valence-electron chi connectivity index (χ4n) is 3.35. The maximum atomic E-state index is 12.4. The van der Waals surface area contributed by atoms with Gasteiger partial charge in [-0.05, 0) is 46.1 Å². The van der Waals surface area contributed by atoms with E-state index in [0.717, 1.165) is 48.8 Å². The summed E-state index contributed by atoms with van der Waals surface area (Å²) in [5.74, 6) is 1.06. The number of carbonyl (C=O) groups excluding carboxylic acids is 1. The summed E-state index contributed by atoms with van der Waals surface area (Å²) < 4.78 is 0. The van der Waals surface area contributed by atoms with Gasteiger partial charge in [-0.1, -0.05) is 0 Å². The minimum absolute atomic E-state index is 0.0535. The molecule has 6 heteroatoms. The summed E-state index contributed by atoms with van der Waals surface area (Å²) in [5, 5.41) is 4.63. The van der Waals surface area contributed by atoms with Crippen LogP contribution in [0.1, 0.15) is 41.7 Å². The smallest absolute Gasteiger partial charge is 0.239 e. The number of piperidine rings is 1. The second kappa shape index (κ2) is 6.53. The second-order valence-corrected chi connectivity index (χ2v) is 7.26. The van der Waals surface area contributed by atoms with Crippen LogP contribution in [-0.2, 0) is 11.3 Å². The number of likely N-dealkylation sites (tertiary alicyclic amines) is 1. The molecular weight excluding hydrogens is 308 g/mol. The number of rotatable bonds is 4. The van der Waals surface area contributed by atoms with Crippen LogP contribution in [0.3, 0.4) is 0 Å². The van der Waals surface area contributed by atoms with E-state index in [0.29, 0.717) is 0 Å². The minimum Gasteiger partial charge on any atom is -0.342 e. The highest BCUT2D eigenvalue weighted by Crippen LogP contribution is 2.31. The molecule has 0 bridgehead atoms. The Hall–Kier alpha value is -1.53. The predicted octanol–water partition coefficient (Wildman–Crippen LogP) is 2.72. The summed E-state index contributed by atoms with van der Waals surface area (Å²) in [6, 6.07) is -0.0535. The molecule has 23 heavy (non-hydrogen) atoms. The number of carbonyl (C=O) groups is 1. The SMILES string of the molecule is CCN1CCCC(NCc2sc3nc(C)nc(C)c3c2C)C1=O. The van der Waals surface area contributed by atoms with Gasteiger partial charge in [0.15, 0.2) is 0 Å². The molecule has 0 aliphatic carbocycles. The van der Waals surface area contributed by atoms with Crippen molar-refractivity contribution in [3.63, 3.8) is 0 Å². The lowest BCUT2D eigenvalue weighted by atomic mass is 10.0. The summed E-state index contributed by atoms with van der Waals surface area (Å²) >= 11 is 1.71. The zero-order chi connectivity index (χ0) is 16.6. The first-order chi connectivity index (χ1) is 11.0. The standard InChI is InChI=1S/C17H24N4OS/c1-5-21-8-6-7-13(17(21)22)18-9-14-10(2)15-11(3)19-12(4)20-16(15)23-14/h13,18H,5-9H2,1-4H3. The number of hydrogen-bond acceptors (Lipinski definition) is 5. The first kappa shape index (κ1) is 16.3. The van der Waals surface area contributed by atoms with Crippen LogP contribution in [0.15, 0.2) is 0 Å². The van der Waals surface area contributed by atoms with Crippen LogP contribution in [0.5, 0.6) is 0 Å². The topological polar surface area (TPSA) is 58.1 Å². The van der Waals surface area contributed by atoms with Crippen molar-refractivity contribution in [1.29, 1.82) is 0 Å². The molecule has 124 valence electrons. The molecule has 0 aromatic carbocycles. The number of likely N-dealkylation sites (N-methyl/N-ethyl adjacent to an activating group) is 1. The molecule has 3 heterocycles. The van der Waals surface area contributed by atoms with Crippen LogP contribution in [0.25, 0.3) is 10.2 Å². The van der Waals surface area contributed by atoms with Crippen LogP contribution in [0, 0.1) is 20.8 Å². The first-order valence-electron chi connectivity index (χ1n) is 8.26. The minimum atomic E-state index is -0.0535. The van der Waals surface area contributed by atoms with Crippen LogP contribution in [-0.4, -0.2) is 39.9 Å². The Morgan fingerprint density at radius 1 is 1.30 bits per heavy atom. The number of aromatic nitrogens is 2. The highest BCUT2D eigenvalue weighted by atomic mass is 32.1. The van der Waals surface area contributed by atoms with Gasteiger partial charge in [0, 0.05) is 35.6 Å². The number of amides is 1. The Morgan fingerprint density at radius 3 is 2.83 bits per heavy atom. The lowest BCUT2D eigenvalue weighted by Crippen LogP contribution is -2.50. The molecular formula is C17H24N4OS. The second-order valence-electron chi connectivity index (χ2n) is 6.18. The van der Waals surface area contributed by atoms with E-state index in [1.54, 1.807) is 11.3 Å². The number of aryl methyl sites for hydroxylation is 3. The monoisotopic (exact) mass is 332 g/mol. The number of nitrogens with zero attached hydrogens (tertiary/aromatic N) is 3. The normalized spacial score (nSPS) is 18.9. The van der Waals surface area contributed by atoms with Gasteiger partial charge in [0.2, 0.25) is 5.91 Å². The highest BCUT2D eigenvalue weighted by Gasteiger charge is 2.27. The Bertz CT molecular complexity index is 740. The fourth-order valence-corrected chi connectivity index (χ4v) is 4.57. The van der Waals surface area contributed by atoms with Crippen LogP contribution in [0.4, 0.5) is 0 Å². The van der Waals surface area contributed by atoms with Crippen LogP contribution >= 0.6 is 11.3 Å². The first-order valence-corrected chi connectivity index (χ1v) is 9.08. The quantitative estimate of drug-likeness (QED) is 0.935. The van der Waals surface area contributed by atoms with Gasteiger partial charge >= 0.3 is 0 Å². The molecule has 3 rings (SSSR count). The summed E-state index contributed by atoms with van der Waals surface area (Å²) in [5.41, 5.74) is 2.28. The zero-order valence-corrected chi connectivity index (χ0v) is 15.1. The zero-order valence-electron chi connectivity index (χ0n) is 14.3. The molecule has 1 atom stereocenters. The van der Waals surface area contributed by atoms with Crippen molar-refractivity contribution in [2.24, 2.45) is 0 Å². The molecule has 1 fully saturated rings. The summed E-state index contributed by atoms with van der Waals surface area (Å²) in [6.45, 7) is 10.6. The lowest BCUT2D eigenvalue weighted by Gasteiger charge is -2.31. The predicted molar refractivity (Wildman–Crippen MR) is 93.7 cm³/mol. The van der Waals surface area contributed by atoms with E-state index in [1.807, 2.05) is 25.7 Å². The van der Waals surface area contributed by atoms with Gasteiger partial charge in [-0.25, -0.2) is 9.97 Å². The largest absolute Gasteiger partial charge is 0.342 e. The molecule has 1 saturated heterocycles. The summed E-state index contributed by atoms with van der Waals surface area (Å²) in [7, 11) is 0. The van der Waals surface area contributed by atoms with E-state index >= 15 is 0 Å². The molecule has 0 radical (unpaired) electrons. The van der Waals surface area contributed by atoms with Gasteiger partial charge < -0.3 is 10.2 Å². The van der Waals surface area contributed by atoms with Crippen molar-refractivity contribution < 1.29 is 4.79 Å². The van der Waals surface area contributed by atoms with Crippen LogP contribution < -0.4 is 5.32 Å². The van der Waals surface area contributed by atoms with Crippen molar-refractivity contribution in [2.45, 2.75) is 53.1 Å². The fraction of sp³-hybridized carbons (Fsp3) is 0.588. The molecule has 1 aliphatic heterocycles. The number of thiophene rings is 1. The van der Waals surface area contributed by atoms with Crippen molar-refractivity contribution in [3.05, 3.63) is 22.0 Å². The van der Waals surface area contributed by atoms with Gasteiger partial charge in [0.05, 0.1) is 6.04 Å². The van der Waals surface area contributed by atoms with Gasteiger partial charge in [-0.15, -0.1) is 11.3 Å². The highest BCUT2D eigenvalue weighted by molar-refractivity contribution is 7.18. The maximum absolute atomic E-state index is 12.4. The van der Waals surface area contributed by atoms with Crippen molar-refractivity contribution in [2.75, 3.05) is 13.1 Å². The number of nitrogens with one attached hydrogen (secondary N) is 1. The Morgan fingerprint density at radius 2 is 2.09 bits per heavy atom. The van der Waals surface area contributed by atoms with Crippen molar-refractivity contribution in [3.8, 4) is 0 Å². The third-order valence-electron chi connectivity index (χ3n) is 4.60. The molecule has 2 aromatic heterocycles. The van der Waals surface area contributed by atoms with Crippen molar-refractivity contribution in [1.82, 2.24) is 20.2 Å². The Balaban J connectivity index is 1.78. The van der Waals surface area contributed by atoms with Gasteiger partial charge in [0.1, 0.15) is 10.7 Å². The summed E-state index contributed by atoms with van der Waals surface area (Å²) in [4.78, 5) is 25.7.